The zero-order valence-electron chi connectivity index (χ0n) is 13.2. The number of hydrogen-bond acceptors (Lipinski definition) is 2. The summed E-state index contributed by atoms with van der Waals surface area (Å²) in [7, 11) is 0. The molecule has 110 valence electrons. The Kier molecular flexibility index (Phi) is 3.92. The van der Waals surface area contributed by atoms with E-state index in [1.165, 1.54) is 22.3 Å². The third-order valence-corrected chi connectivity index (χ3v) is 4.72. The van der Waals surface area contributed by atoms with Gasteiger partial charge in [0.25, 0.3) is 0 Å². The summed E-state index contributed by atoms with van der Waals surface area (Å²) >= 11 is 0. The van der Waals surface area contributed by atoms with E-state index >= 15 is 0 Å². The minimum Gasteiger partial charge on any atom is -0.481 e. The zero-order valence-corrected chi connectivity index (χ0v) is 13.2. The molecule has 2 atom stereocenters. The van der Waals surface area contributed by atoms with Gasteiger partial charge < -0.3 is 5.11 Å². The van der Waals surface area contributed by atoms with Gasteiger partial charge in [-0.1, -0.05) is 17.7 Å². The van der Waals surface area contributed by atoms with Crippen molar-refractivity contribution in [1.82, 2.24) is 4.90 Å². The van der Waals surface area contributed by atoms with Gasteiger partial charge in [-0.3, -0.25) is 9.69 Å². The molecular formula is C17H25NO2. The highest BCUT2D eigenvalue weighted by molar-refractivity contribution is 5.74. The molecule has 3 nitrogen and oxygen atoms in total. The Morgan fingerprint density at radius 1 is 1.30 bits per heavy atom. The van der Waals surface area contributed by atoms with E-state index in [-0.39, 0.29) is 6.04 Å². The number of carboxylic acid groups (broad SMARTS) is 1. The third-order valence-electron chi connectivity index (χ3n) is 4.72. The molecule has 0 aliphatic carbocycles. The summed E-state index contributed by atoms with van der Waals surface area (Å²) in [6.07, 6.45) is 0.733. The molecule has 1 aromatic rings. The number of carboxylic acids is 1. The van der Waals surface area contributed by atoms with Gasteiger partial charge in [0.2, 0.25) is 0 Å². The van der Waals surface area contributed by atoms with Crippen LogP contribution in [0, 0.1) is 26.2 Å². The van der Waals surface area contributed by atoms with Gasteiger partial charge in [-0.05, 0) is 64.3 Å². The first-order chi connectivity index (χ1) is 9.24. The molecule has 0 spiro atoms. The number of benzene rings is 1. The molecule has 1 fully saturated rings. The van der Waals surface area contributed by atoms with E-state index in [0.717, 1.165) is 13.0 Å². The van der Waals surface area contributed by atoms with E-state index in [4.69, 9.17) is 0 Å². The fourth-order valence-electron chi connectivity index (χ4n) is 3.53. The maximum absolute atomic E-state index is 11.4. The second-order valence-electron chi connectivity index (χ2n) is 6.57. The number of nitrogens with zero attached hydrogens (tertiary/aromatic N) is 1. The monoisotopic (exact) mass is 275 g/mol. The van der Waals surface area contributed by atoms with Crippen LogP contribution >= 0.6 is 0 Å². The Labute approximate surface area is 121 Å². The van der Waals surface area contributed by atoms with E-state index in [1.54, 1.807) is 0 Å². The summed E-state index contributed by atoms with van der Waals surface area (Å²) in [6.45, 7) is 12.0. The van der Waals surface area contributed by atoms with Crippen molar-refractivity contribution >= 4 is 5.97 Å². The molecule has 0 aromatic heterocycles. The highest BCUT2D eigenvalue weighted by Gasteiger charge is 2.42. The fourth-order valence-corrected chi connectivity index (χ4v) is 3.53. The van der Waals surface area contributed by atoms with Crippen molar-refractivity contribution < 1.29 is 9.90 Å². The Hall–Kier alpha value is -1.35. The van der Waals surface area contributed by atoms with Crippen molar-refractivity contribution in [2.75, 3.05) is 13.1 Å². The van der Waals surface area contributed by atoms with Crippen LogP contribution in [0.5, 0.6) is 0 Å². The number of hydrogen-bond donors (Lipinski definition) is 1. The minimum atomic E-state index is -0.676. The van der Waals surface area contributed by atoms with Gasteiger partial charge in [0.05, 0.1) is 5.41 Å². The van der Waals surface area contributed by atoms with Crippen LogP contribution in [0.3, 0.4) is 0 Å². The van der Waals surface area contributed by atoms with Crippen LogP contribution in [0.15, 0.2) is 12.1 Å². The lowest BCUT2D eigenvalue weighted by Crippen LogP contribution is -2.33. The molecular weight excluding hydrogens is 250 g/mol. The highest BCUT2D eigenvalue weighted by Crippen LogP contribution is 2.37. The first kappa shape index (κ1) is 15.0. The predicted octanol–water partition coefficient (Wildman–Crippen LogP) is 3.47. The first-order valence-electron chi connectivity index (χ1n) is 7.30. The van der Waals surface area contributed by atoms with E-state index in [2.05, 4.69) is 44.7 Å². The van der Waals surface area contributed by atoms with Gasteiger partial charge >= 0.3 is 5.97 Å². The normalized spacial score (nSPS) is 24.9. The highest BCUT2D eigenvalue weighted by atomic mass is 16.4. The number of rotatable bonds is 3. The maximum atomic E-state index is 11.4. The zero-order chi connectivity index (χ0) is 15.1. The van der Waals surface area contributed by atoms with Crippen LogP contribution in [0.25, 0.3) is 0 Å². The number of carbonyl (C=O) groups is 1. The van der Waals surface area contributed by atoms with Gasteiger partial charge in [0.1, 0.15) is 0 Å². The largest absolute Gasteiger partial charge is 0.481 e. The number of aryl methyl sites for hydroxylation is 3. The van der Waals surface area contributed by atoms with Gasteiger partial charge in [0.15, 0.2) is 0 Å². The maximum Gasteiger partial charge on any atom is 0.310 e. The predicted molar refractivity (Wildman–Crippen MR) is 81.0 cm³/mol. The fraction of sp³-hybridized carbons (Fsp3) is 0.588. The first-order valence-corrected chi connectivity index (χ1v) is 7.30. The Balaban J connectivity index is 2.26. The molecule has 1 saturated heterocycles. The Morgan fingerprint density at radius 3 is 2.30 bits per heavy atom. The van der Waals surface area contributed by atoms with Crippen molar-refractivity contribution in [3.8, 4) is 0 Å². The van der Waals surface area contributed by atoms with Crippen LogP contribution in [0.1, 0.15) is 48.6 Å². The average Bonchev–Trinajstić information content (AvgIpc) is 2.72. The summed E-state index contributed by atoms with van der Waals surface area (Å²) in [5.74, 6) is -0.676. The molecule has 0 amide bonds. The number of likely N-dealkylation sites (tertiary alicyclic amines) is 1. The van der Waals surface area contributed by atoms with E-state index in [1.807, 2.05) is 6.92 Å². The molecule has 3 heteroatoms. The molecule has 2 rings (SSSR count). The van der Waals surface area contributed by atoms with Crippen LogP contribution in [-0.4, -0.2) is 29.1 Å². The molecule has 0 radical (unpaired) electrons. The smallest absolute Gasteiger partial charge is 0.310 e. The summed E-state index contributed by atoms with van der Waals surface area (Å²) in [5.41, 5.74) is 4.65. The topological polar surface area (TPSA) is 40.5 Å². The van der Waals surface area contributed by atoms with Crippen LogP contribution in [-0.2, 0) is 4.79 Å². The lowest BCUT2D eigenvalue weighted by atomic mass is 9.90. The van der Waals surface area contributed by atoms with Crippen molar-refractivity contribution in [3.05, 3.63) is 34.4 Å². The molecule has 1 aliphatic rings. The summed E-state index contributed by atoms with van der Waals surface area (Å²) in [6, 6.07) is 4.70. The van der Waals surface area contributed by atoms with E-state index < -0.39 is 11.4 Å². The minimum absolute atomic E-state index is 0.275. The second kappa shape index (κ2) is 5.21. The molecule has 1 N–H and O–H groups in total. The SMILES string of the molecule is Cc1cc(C)c(C(C)N2CCC(C)(C(=O)O)C2)c(C)c1. The number of aliphatic carboxylic acids is 1. The van der Waals surface area contributed by atoms with Gasteiger partial charge in [-0.25, -0.2) is 0 Å². The standard InChI is InChI=1S/C17H25NO2/c1-11-8-12(2)15(13(3)9-11)14(4)18-7-6-17(5,10-18)16(19)20/h8-9,14H,6-7,10H2,1-5H3,(H,19,20). The van der Waals surface area contributed by atoms with Crippen LogP contribution in [0.4, 0.5) is 0 Å². The van der Waals surface area contributed by atoms with Crippen LogP contribution in [0.2, 0.25) is 0 Å². The second-order valence-corrected chi connectivity index (χ2v) is 6.57. The average molecular weight is 275 g/mol. The molecule has 0 saturated carbocycles. The quantitative estimate of drug-likeness (QED) is 0.918. The van der Waals surface area contributed by atoms with Crippen molar-refractivity contribution in [1.29, 1.82) is 0 Å². The molecule has 1 aliphatic heterocycles. The van der Waals surface area contributed by atoms with Crippen molar-refractivity contribution in [2.45, 2.75) is 47.1 Å². The van der Waals surface area contributed by atoms with Crippen molar-refractivity contribution in [3.63, 3.8) is 0 Å². The van der Waals surface area contributed by atoms with E-state index in [0.29, 0.717) is 6.54 Å². The summed E-state index contributed by atoms with van der Waals surface area (Å²) in [4.78, 5) is 13.7. The van der Waals surface area contributed by atoms with E-state index in [9.17, 15) is 9.90 Å². The van der Waals surface area contributed by atoms with Gasteiger partial charge in [-0.15, -0.1) is 0 Å². The van der Waals surface area contributed by atoms with Crippen LogP contribution < -0.4 is 0 Å². The molecule has 1 heterocycles. The third kappa shape index (κ3) is 2.59. The lowest BCUT2D eigenvalue weighted by molar-refractivity contribution is -0.147. The van der Waals surface area contributed by atoms with Gasteiger partial charge in [0, 0.05) is 12.6 Å². The molecule has 0 bridgehead atoms. The Bertz CT molecular complexity index is 515. The molecule has 1 aromatic carbocycles. The Morgan fingerprint density at radius 2 is 1.85 bits per heavy atom. The van der Waals surface area contributed by atoms with Gasteiger partial charge in [-0.2, -0.15) is 0 Å². The summed E-state index contributed by atoms with van der Waals surface area (Å²) < 4.78 is 0. The van der Waals surface area contributed by atoms with Crippen molar-refractivity contribution in [2.24, 2.45) is 5.41 Å². The lowest BCUT2D eigenvalue weighted by Gasteiger charge is -2.29. The molecule has 20 heavy (non-hydrogen) atoms. The summed E-state index contributed by atoms with van der Waals surface area (Å²) in [5, 5.41) is 9.36. The molecule has 2 unspecified atom stereocenters.